The predicted molar refractivity (Wildman–Crippen MR) is 73.7 cm³/mol. The average molecular weight is 278 g/mol. The van der Waals surface area contributed by atoms with Crippen LogP contribution in [0.25, 0.3) is 0 Å². The monoisotopic (exact) mass is 278 g/mol. The van der Waals surface area contributed by atoms with Crippen molar-refractivity contribution < 1.29 is 14.4 Å². The van der Waals surface area contributed by atoms with Crippen molar-refractivity contribution in [1.29, 1.82) is 0 Å². The van der Waals surface area contributed by atoms with Crippen LogP contribution in [0.15, 0.2) is 24.3 Å². The lowest BCUT2D eigenvalue weighted by atomic mass is 9.96. The Labute approximate surface area is 117 Å². The third-order valence-corrected chi connectivity index (χ3v) is 3.98. The Morgan fingerprint density at radius 3 is 2.55 bits per heavy atom. The van der Waals surface area contributed by atoms with Gasteiger partial charge in [-0.25, -0.2) is 0 Å². The summed E-state index contributed by atoms with van der Waals surface area (Å²) >= 11 is 0. The topological polar surface area (TPSA) is 64.8 Å². The molecule has 2 heterocycles. The van der Waals surface area contributed by atoms with Crippen LogP contribution >= 0.6 is 0 Å². The van der Waals surface area contributed by atoms with E-state index in [1.165, 1.54) is 6.07 Å². The third kappa shape index (κ3) is 2.76. The van der Waals surface area contributed by atoms with Crippen LogP contribution in [0.4, 0.5) is 11.4 Å². The highest BCUT2D eigenvalue weighted by atomic mass is 16.7. The smallest absolute Gasteiger partial charge is 0.271 e. The Morgan fingerprint density at radius 1 is 1.20 bits per heavy atom. The van der Waals surface area contributed by atoms with Crippen molar-refractivity contribution in [2.75, 3.05) is 31.2 Å². The van der Waals surface area contributed by atoms with Crippen LogP contribution in [0.2, 0.25) is 0 Å². The molecule has 20 heavy (non-hydrogen) atoms. The van der Waals surface area contributed by atoms with Crippen molar-refractivity contribution in [2.24, 2.45) is 5.92 Å². The normalized spacial score (nSPS) is 21.3. The molecule has 0 spiro atoms. The zero-order valence-electron chi connectivity index (χ0n) is 11.2. The van der Waals surface area contributed by atoms with E-state index in [1.807, 2.05) is 6.07 Å². The first-order chi connectivity index (χ1) is 9.74. The second-order valence-electron chi connectivity index (χ2n) is 5.21. The van der Waals surface area contributed by atoms with Crippen LogP contribution in [0, 0.1) is 16.0 Å². The van der Waals surface area contributed by atoms with Gasteiger partial charge in [0.2, 0.25) is 0 Å². The van der Waals surface area contributed by atoms with E-state index in [0.717, 1.165) is 31.6 Å². The van der Waals surface area contributed by atoms with Crippen LogP contribution in [0.3, 0.4) is 0 Å². The average Bonchev–Trinajstić information content (AvgIpc) is 3.02. The number of hydrogen-bond acceptors (Lipinski definition) is 5. The Balaban J connectivity index is 1.62. The molecule has 0 atom stereocenters. The number of non-ortho nitro benzene ring substituents is 1. The molecule has 2 fully saturated rings. The van der Waals surface area contributed by atoms with E-state index in [4.69, 9.17) is 9.47 Å². The van der Waals surface area contributed by atoms with Gasteiger partial charge < -0.3 is 14.4 Å². The van der Waals surface area contributed by atoms with Crippen LogP contribution in [0.5, 0.6) is 0 Å². The quantitative estimate of drug-likeness (QED) is 0.626. The number of piperidine rings is 1. The lowest BCUT2D eigenvalue weighted by Gasteiger charge is -2.35. The molecule has 6 heteroatoms. The van der Waals surface area contributed by atoms with Gasteiger partial charge in [0.05, 0.1) is 18.1 Å². The molecule has 6 nitrogen and oxygen atoms in total. The zero-order valence-corrected chi connectivity index (χ0v) is 11.2. The molecule has 2 aliphatic rings. The Morgan fingerprint density at radius 2 is 1.90 bits per heavy atom. The van der Waals surface area contributed by atoms with E-state index >= 15 is 0 Å². The lowest BCUT2D eigenvalue weighted by Crippen LogP contribution is -2.38. The van der Waals surface area contributed by atoms with Crippen LogP contribution in [-0.4, -0.2) is 37.5 Å². The number of nitro groups is 1. The molecule has 1 aromatic carbocycles. The van der Waals surface area contributed by atoms with E-state index in [2.05, 4.69) is 4.90 Å². The Bertz CT molecular complexity index is 480. The highest BCUT2D eigenvalue weighted by Gasteiger charge is 2.30. The molecule has 0 aromatic heterocycles. The number of benzene rings is 1. The van der Waals surface area contributed by atoms with Crippen molar-refractivity contribution in [3.8, 4) is 0 Å². The standard InChI is InChI=1S/C14H18N2O4/c17-16(18)13-3-1-2-12(10-13)15-6-4-11(5-7-15)14-19-8-9-20-14/h1-3,10-11,14H,4-9H2. The van der Waals surface area contributed by atoms with E-state index in [1.54, 1.807) is 12.1 Å². The van der Waals surface area contributed by atoms with Crippen LogP contribution < -0.4 is 4.90 Å². The van der Waals surface area contributed by atoms with Gasteiger partial charge in [-0.1, -0.05) is 6.07 Å². The van der Waals surface area contributed by atoms with Gasteiger partial charge in [0.25, 0.3) is 5.69 Å². The molecule has 2 saturated heterocycles. The number of ether oxygens (including phenoxy) is 2. The first-order valence-electron chi connectivity index (χ1n) is 6.96. The summed E-state index contributed by atoms with van der Waals surface area (Å²) < 4.78 is 11.1. The summed E-state index contributed by atoms with van der Waals surface area (Å²) in [5.74, 6) is 0.437. The van der Waals surface area contributed by atoms with E-state index < -0.39 is 0 Å². The maximum atomic E-state index is 10.8. The van der Waals surface area contributed by atoms with Gasteiger partial charge in [-0.15, -0.1) is 0 Å². The van der Waals surface area contributed by atoms with Crippen molar-refractivity contribution in [1.82, 2.24) is 0 Å². The highest BCUT2D eigenvalue weighted by molar-refractivity contribution is 5.53. The van der Waals surface area contributed by atoms with Gasteiger partial charge >= 0.3 is 0 Å². The van der Waals surface area contributed by atoms with Gasteiger partial charge in [-0.3, -0.25) is 10.1 Å². The molecular formula is C14H18N2O4. The molecule has 0 radical (unpaired) electrons. The fourth-order valence-corrected chi connectivity index (χ4v) is 2.88. The zero-order chi connectivity index (χ0) is 13.9. The summed E-state index contributed by atoms with van der Waals surface area (Å²) in [6.45, 7) is 3.15. The first kappa shape index (κ1) is 13.3. The number of nitro benzene ring substituents is 1. The van der Waals surface area contributed by atoms with Crippen LogP contribution in [0.1, 0.15) is 12.8 Å². The third-order valence-electron chi connectivity index (χ3n) is 3.98. The Kier molecular flexibility index (Phi) is 3.84. The molecular weight excluding hydrogens is 260 g/mol. The highest BCUT2D eigenvalue weighted by Crippen LogP contribution is 2.29. The maximum absolute atomic E-state index is 10.8. The van der Waals surface area contributed by atoms with Gasteiger partial charge in [0.15, 0.2) is 6.29 Å². The van der Waals surface area contributed by atoms with Gasteiger partial charge in [0.1, 0.15) is 0 Å². The molecule has 0 aliphatic carbocycles. The molecule has 0 N–H and O–H groups in total. The second-order valence-corrected chi connectivity index (χ2v) is 5.21. The molecule has 0 unspecified atom stereocenters. The molecule has 108 valence electrons. The van der Waals surface area contributed by atoms with Crippen molar-refractivity contribution >= 4 is 11.4 Å². The summed E-state index contributed by atoms with van der Waals surface area (Å²) in [5.41, 5.74) is 1.07. The lowest BCUT2D eigenvalue weighted by molar-refractivity contribution is -0.384. The Hall–Kier alpha value is -1.66. The maximum Gasteiger partial charge on any atom is 0.271 e. The minimum Gasteiger partial charge on any atom is -0.371 e. The van der Waals surface area contributed by atoms with Gasteiger partial charge in [0, 0.05) is 36.8 Å². The minimum absolute atomic E-state index is 0.0535. The van der Waals surface area contributed by atoms with E-state index in [0.29, 0.717) is 19.1 Å². The van der Waals surface area contributed by atoms with E-state index in [9.17, 15) is 10.1 Å². The molecule has 1 aromatic rings. The number of rotatable bonds is 3. The first-order valence-corrected chi connectivity index (χ1v) is 6.96. The fourth-order valence-electron chi connectivity index (χ4n) is 2.88. The van der Waals surface area contributed by atoms with E-state index in [-0.39, 0.29) is 16.9 Å². The van der Waals surface area contributed by atoms with Crippen molar-refractivity contribution in [3.63, 3.8) is 0 Å². The fraction of sp³-hybridized carbons (Fsp3) is 0.571. The number of nitrogens with zero attached hydrogens (tertiary/aromatic N) is 2. The molecule has 0 amide bonds. The summed E-state index contributed by atoms with van der Waals surface area (Å²) in [6.07, 6.45) is 1.93. The SMILES string of the molecule is O=[N+]([O-])c1cccc(N2CCC(C3OCCO3)CC2)c1. The molecule has 0 saturated carbocycles. The van der Waals surface area contributed by atoms with Crippen molar-refractivity contribution in [2.45, 2.75) is 19.1 Å². The molecule has 2 aliphatic heterocycles. The molecule has 0 bridgehead atoms. The predicted octanol–water partition coefficient (Wildman–Crippen LogP) is 2.18. The summed E-state index contributed by atoms with van der Waals surface area (Å²) in [4.78, 5) is 12.7. The van der Waals surface area contributed by atoms with Gasteiger partial charge in [-0.2, -0.15) is 0 Å². The van der Waals surface area contributed by atoms with Gasteiger partial charge in [-0.05, 0) is 18.9 Å². The largest absolute Gasteiger partial charge is 0.371 e. The van der Waals surface area contributed by atoms with Crippen LogP contribution in [-0.2, 0) is 9.47 Å². The summed E-state index contributed by atoms with van der Waals surface area (Å²) in [7, 11) is 0. The second kappa shape index (κ2) is 5.76. The molecule has 3 rings (SSSR count). The number of anilines is 1. The summed E-state index contributed by atoms with van der Waals surface area (Å²) in [5, 5.41) is 10.8. The summed E-state index contributed by atoms with van der Waals surface area (Å²) in [6, 6.07) is 6.83. The number of hydrogen-bond donors (Lipinski definition) is 0. The minimum atomic E-state index is -0.351. The van der Waals surface area contributed by atoms with Crippen molar-refractivity contribution in [3.05, 3.63) is 34.4 Å².